The average Bonchev–Trinajstić information content (AvgIpc) is 3.48. The van der Waals surface area contributed by atoms with Gasteiger partial charge < -0.3 is 28.7 Å². The van der Waals surface area contributed by atoms with E-state index in [0.717, 1.165) is 21.8 Å². The third kappa shape index (κ3) is 9.30. The van der Waals surface area contributed by atoms with Gasteiger partial charge in [0.15, 0.2) is 11.5 Å². The molecule has 39 heavy (non-hydrogen) atoms. The van der Waals surface area contributed by atoms with E-state index in [1.165, 1.54) is 0 Å². The second-order valence-corrected chi connectivity index (χ2v) is 10.1. The van der Waals surface area contributed by atoms with Crippen molar-refractivity contribution >= 4 is 23.2 Å². The summed E-state index contributed by atoms with van der Waals surface area (Å²) in [5.41, 5.74) is 1.90. The van der Waals surface area contributed by atoms with Crippen molar-refractivity contribution in [2.45, 2.75) is 25.8 Å². The SMILES string of the molecule is COCCCN(CC(=O)N(CCc1ccc(OC)c(OC)c1)Cc1cccs1)C(=O)Cc1ccc(OC)cc1. The lowest BCUT2D eigenvalue weighted by atomic mass is 10.1. The van der Waals surface area contributed by atoms with Crippen LogP contribution in [-0.2, 0) is 33.7 Å². The second kappa shape index (κ2) is 15.8. The van der Waals surface area contributed by atoms with Crippen LogP contribution in [0.15, 0.2) is 60.0 Å². The molecule has 0 aliphatic rings. The van der Waals surface area contributed by atoms with Gasteiger partial charge in [0.1, 0.15) is 5.75 Å². The molecule has 3 aromatic rings. The Balaban J connectivity index is 1.73. The summed E-state index contributed by atoms with van der Waals surface area (Å²) < 4.78 is 21.2. The number of methoxy groups -OCH3 is 4. The molecule has 0 N–H and O–H groups in total. The number of carbonyl (C=O) groups excluding carboxylic acids is 2. The van der Waals surface area contributed by atoms with Gasteiger partial charge in [-0.15, -0.1) is 11.3 Å². The molecule has 1 aromatic heterocycles. The minimum atomic E-state index is -0.0967. The summed E-state index contributed by atoms with van der Waals surface area (Å²) in [4.78, 5) is 31.5. The van der Waals surface area contributed by atoms with Gasteiger partial charge in [0.25, 0.3) is 0 Å². The van der Waals surface area contributed by atoms with Gasteiger partial charge in [-0.3, -0.25) is 9.59 Å². The minimum Gasteiger partial charge on any atom is -0.497 e. The highest BCUT2D eigenvalue weighted by molar-refractivity contribution is 7.09. The quantitative estimate of drug-likeness (QED) is 0.244. The van der Waals surface area contributed by atoms with Crippen molar-refractivity contribution in [3.05, 3.63) is 76.0 Å². The number of thiophene rings is 1. The Labute approximate surface area is 235 Å². The average molecular weight is 555 g/mol. The molecular weight excluding hydrogens is 516 g/mol. The van der Waals surface area contributed by atoms with Gasteiger partial charge >= 0.3 is 0 Å². The van der Waals surface area contributed by atoms with Crippen molar-refractivity contribution in [3.63, 3.8) is 0 Å². The lowest BCUT2D eigenvalue weighted by Gasteiger charge is -2.28. The van der Waals surface area contributed by atoms with Gasteiger partial charge in [-0.05, 0) is 59.7 Å². The monoisotopic (exact) mass is 554 g/mol. The van der Waals surface area contributed by atoms with Crippen LogP contribution in [0.5, 0.6) is 17.2 Å². The van der Waals surface area contributed by atoms with Crippen LogP contribution in [0, 0.1) is 0 Å². The van der Waals surface area contributed by atoms with Gasteiger partial charge in [0, 0.05) is 31.7 Å². The fraction of sp³-hybridized carbons (Fsp3) is 0.400. The molecule has 210 valence electrons. The summed E-state index contributed by atoms with van der Waals surface area (Å²) in [6.07, 6.45) is 1.50. The zero-order valence-electron chi connectivity index (χ0n) is 23.2. The zero-order chi connectivity index (χ0) is 28.0. The molecule has 8 nitrogen and oxygen atoms in total. The first-order valence-corrected chi connectivity index (χ1v) is 13.8. The Kier molecular flexibility index (Phi) is 12.1. The Bertz CT molecular complexity index is 1170. The molecule has 0 radical (unpaired) electrons. The van der Waals surface area contributed by atoms with Crippen molar-refractivity contribution in [1.29, 1.82) is 0 Å². The van der Waals surface area contributed by atoms with Crippen LogP contribution in [0.25, 0.3) is 0 Å². The number of hydrogen-bond donors (Lipinski definition) is 0. The standard InChI is InChI=1S/C30H38N2O6S/c1-35-17-6-15-31(29(33)20-23-8-11-25(36-2)12-9-23)22-30(34)32(21-26-7-5-18-39-26)16-14-24-10-13-27(37-3)28(19-24)38-4/h5,7-13,18-19H,6,14-17,20-22H2,1-4H3. The van der Waals surface area contributed by atoms with Gasteiger partial charge in [0.2, 0.25) is 11.8 Å². The molecule has 2 aromatic carbocycles. The van der Waals surface area contributed by atoms with Gasteiger partial charge in [-0.1, -0.05) is 24.3 Å². The number of nitrogens with zero attached hydrogens (tertiary/aromatic N) is 2. The molecule has 3 rings (SSSR count). The first kappa shape index (κ1) is 30.0. The van der Waals surface area contributed by atoms with Crippen LogP contribution in [0.1, 0.15) is 22.4 Å². The highest BCUT2D eigenvalue weighted by Crippen LogP contribution is 2.28. The first-order valence-electron chi connectivity index (χ1n) is 12.9. The van der Waals surface area contributed by atoms with Gasteiger partial charge in [0.05, 0.1) is 40.8 Å². The highest BCUT2D eigenvalue weighted by atomic mass is 32.1. The lowest BCUT2D eigenvalue weighted by molar-refractivity contribution is -0.140. The summed E-state index contributed by atoms with van der Waals surface area (Å²) in [7, 11) is 6.45. The number of hydrogen-bond acceptors (Lipinski definition) is 7. The van der Waals surface area contributed by atoms with Crippen LogP contribution in [-0.4, -0.2) is 76.3 Å². The van der Waals surface area contributed by atoms with Gasteiger partial charge in [-0.2, -0.15) is 0 Å². The highest BCUT2D eigenvalue weighted by Gasteiger charge is 2.22. The Hall–Kier alpha value is -3.56. The predicted molar refractivity (Wildman–Crippen MR) is 153 cm³/mol. The molecule has 0 spiro atoms. The van der Waals surface area contributed by atoms with E-state index < -0.39 is 0 Å². The van der Waals surface area contributed by atoms with Gasteiger partial charge in [-0.25, -0.2) is 0 Å². The fourth-order valence-electron chi connectivity index (χ4n) is 4.17. The molecule has 0 unspecified atom stereocenters. The van der Waals surface area contributed by atoms with Crippen molar-refractivity contribution in [1.82, 2.24) is 9.80 Å². The van der Waals surface area contributed by atoms with E-state index in [2.05, 4.69) is 0 Å². The summed E-state index contributed by atoms with van der Waals surface area (Å²) in [5, 5.41) is 2.00. The van der Waals surface area contributed by atoms with E-state index in [-0.39, 0.29) is 24.8 Å². The molecule has 0 bridgehead atoms. The van der Waals surface area contributed by atoms with Crippen LogP contribution >= 0.6 is 11.3 Å². The topological polar surface area (TPSA) is 77.5 Å². The van der Waals surface area contributed by atoms with E-state index in [1.807, 2.05) is 64.9 Å². The van der Waals surface area contributed by atoms with Crippen LogP contribution in [0.4, 0.5) is 0 Å². The largest absolute Gasteiger partial charge is 0.497 e. The number of benzene rings is 2. The predicted octanol–water partition coefficient (Wildman–Crippen LogP) is 4.45. The maximum atomic E-state index is 13.6. The summed E-state index contributed by atoms with van der Waals surface area (Å²) in [5.74, 6) is 1.86. The molecule has 0 fully saturated rings. The number of amides is 2. The first-order chi connectivity index (χ1) is 19.0. The molecule has 0 saturated carbocycles. The summed E-state index contributed by atoms with van der Waals surface area (Å²) in [6.45, 7) is 1.96. The third-order valence-corrected chi connectivity index (χ3v) is 7.23. The number of ether oxygens (including phenoxy) is 4. The van der Waals surface area contributed by atoms with E-state index in [4.69, 9.17) is 18.9 Å². The number of rotatable bonds is 16. The van der Waals surface area contributed by atoms with Crippen LogP contribution in [0.2, 0.25) is 0 Å². The van der Waals surface area contributed by atoms with E-state index >= 15 is 0 Å². The maximum Gasteiger partial charge on any atom is 0.242 e. The summed E-state index contributed by atoms with van der Waals surface area (Å²) >= 11 is 1.61. The van der Waals surface area contributed by atoms with Crippen LogP contribution in [0.3, 0.4) is 0 Å². The fourth-order valence-corrected chi connectivity index (χ4v) is 4.89. The normalized spacial score (nSPS) is 10.7. The summed E-state index contributed by atoms with van der Waals surface area (Å²) in [6, 6.07) is 17.2. The maximum absolute atomic E-state index is 13.6. The van der Waals surface area contributed by atoms with Crippen molar-refractivity contribution in [2.24, 2.45) is 0 Å². The van der Waals surface area contributed by atoms with E-state index in [9.17, 15) is 9.59 Å². The second-order valence-electron chi connectivity index (χ2n) is 9.02. The lowest BCUT2D eigenvalue weighted by Crippen LogP contribution is -2.44. The third-order valence-electron chi connectivity index (χ3n) is 6.37. The molecule has 9 heteroatoms. The molecular formula is C30H38N2O6S. The molecule has 1 heterocycles. The van der Waals surface area contributed by atoms with Crippen molar-refractivity contribution < 1.29 is 28.5 Å². The molecule has 2 amide bonds. The van der Waals surface area contributed by atoms with Crippen molar-refractivity contribution in [3.8, 4) is 17.2 Å². The zero-order valence-corrected chi connectivity index (χ0v) is 24.0. The molecule has 0 aliphatic carbocycles. The molecule has 0 atom stereocenters. The Morgan fingerprint density at radius 1 is 0.795 bits per heavy atom. The molecule has 0 aliphatic heterocycles. The molecule has 0 saturated heterocycles. The Morgan fingerprint density at radius 3 is 2.18 bits per heavy atom. The number of carbonyl (C=O) groups is 2. The van der Waals surface area contributed by atoms with E-state index in [0.29, 0.717) is 50.6 Å². The van der Waals surface area contributed by atoms with Crippen LogP contribution < -0.4 is 14.2 Å². The Morgan fingerprint density at radius 2 is 1.54 bits per heavy atom. The van der Waals surface area contributed by atoms with Crippen molar-refractivity contribution in [2.75, 3.05) is 54.7 Å². The smallest absolute Gasteiger partial charge is 0.242 e. The minimum absolute atomic E-state index is 0.00993. The van der Waals surface area contributed by atoms with E-state index in [1.54, 1.807) is 44.7 Å².